The summed E-state index contributed by atoms with van der Waals surface area (Å²) in [6.07, 6.45) is 6.61. The number of nitriles is 1. The van der Waals surface area contributed by atoms with E-state index < -0.39 is 16.6 Å². The molecule has 0 radical (unpaired) electrons. The van der Waals surface area contributed by atoms with E-state index in [9.17, 15) is 18.8 Å². The summed E-state index contributed by atoms with van der Waals surface area (Å²) in [5.41, 5.74) is 1.57. The van der Waals surface area contributed by atoms with Gasteiger partial charge in [0, 0.05) is 24.5 Å². The van der Waals surface area contributed by atoms with Crippen LogP contribution in [0.2, 0.25) is 0 Å². The zero-order valence-electron chi connectivity index (χ0n) is 17.3. The molecule has 9 nitrogen and oxygen atoms in total. The van der Waals surface area contributed by atoms with Gasteiger partial charge in [0.25, 0.3) is 0 Å². The lowest BCUT2D eigenvalue weighted by Gasteiger charge is -2.38. The lowest BCUT2D eigenvalue weighted by molar-refractivity contribution is 0.490. The number of nitrogens with one attached hydrogen (secondary N) is 3. The summed E-state index contributed by atoms with van der Waals surface area (Å²) in [5.74, 6) is 0.527. The van der Waals surface area contributed by atoms with Crippen LogP contribution in [-0.4, -0.2) is 42.4 Å². The first-order valence-corrected chi connectivity index (χ1v) is 12.3. The Morgan fingerprint density at radius 1 is 1.22 bits per heavy atom. The Kier molecular flexibility index (Phi) is 5.28. The Morgan fingerprint density at radius 2 is 2.03 bits per heavy atom. The predicted molar refractivity (Wildman–Crippen MR) is 124 cm³/mol. The molecule has 1 aromatic carbocycles. The second-order valence-electron chi connectivity index (χ2n) is 8.14. The summed E-state index contributed by atoms with van der Waals surface area (Å²) in [4.78, 5) is 12.0. The molecule has 3 heterocycles. The summed E-state index contributed by atoms with van der Waals surface area (Å²) >= 11 is 0. The van der Waals surface area contributed by atoms with E-state index in [1.165, 1.54) is 16.4 Å². The number of hydrogen-bond donors (Lipinski definition) is 5. The molecule has 3 aromatic rings. The minimum Gasteiger partial charge on any atom is -0.367 e. The monoisotopic (exact) mass is 457 g/mol. The molecule has 0 spiro atoms. The quantitative estimate of drug-likeness (QED) is 0.364. The highest BCUT2D eigenvalue weighted by molar-refractivity contribution is 8.25. The van der Waals surface area contributed by atoms with Crippen LogP contribution in [0.3, 0.4) is 0 Å². The van der Waals surface area contributed by atoms with Crippen molar-refractivity contribution in [2.45, 2.75) is 38.1 Å². The number of H-pyrrole nitrogens is 1. The highest BCUT2D eigenvalue weighted by Crippen LogP contribution is 2.51. The van der Waals surface area contributed by atoms with Gasteiger partial charge in [0.15, 0.2) is 0 Å². The number of hydrogen-bond acceptors (Lipinski definition) is 8. The number of benzene rings is 1. The normalized spacial score (nSPS) is 19.2. The van der Waals surface area contributed by atoms with Gasteiger partial charge in [0.2, 0.25) is 5.95 Å². The minimum atomic E-state index is -2.97. The van der Waals surface area contributed by atoms with Crippen molar-refractivity contribution in [3.05, 3.63) is 35.8 Å². The number of nitrogens with zero attached hydrogens (tertiary/aromatic N) is 4. The Balaban J connectivity index is 1.45. The topological polar surface area (TPSA) is 133 Å². The van der Waals surface area contributed by atoms with Crippen molar-refractivity contribution in [1.82, 2.24) is 15.0 Å². The van der Waals surface area contributed by atoms with E-state index in [0.29, 0.717) is 47.1 Å². The summed E-state index contributed by atoms with van der Waals surface area (Å²) in [5, 5.41) is 16.6. The first-order chi connectivity index (χ1) is 15.4. The van der Waals surface area contributed by atoms with Crippen molar-refractivity contribution in [2.75, 3.05) is 27.2 Å². The molecule has 1 saturated heterocycles. The Hall–Kier alpha value is -3.07. The molecule has 5 N–H and O–H groups in total. The van der Waals surface area contributed by atoms with E-state index in [1.807, 2.05) is 0 Å². The largest absolute Gasteiger partial charge is 0.367 e. The third-order valence-electron chi connectivity index (χ3n) is 5.95. The van der Waals surface area contributed by atoms with Crippen molar-refractivity contribution in [3.8, 4) is 6.07 Å². The molecule has 0 bridgehead atoms. The summed E-state index contributed by atoms with van der Waals surface area (Å²) in [6, 6.07) is 6.92. The van der Waals surface area contributed by atoms with E-state index in [0.717, 1.165) is 25.7 Å². The third kappa shape index (κ3) is 3.81. The van der Waals surface area contributed by atoms with Crippen LogP contribution < -0.4 is 14.9 Å². The van der Waals surface area contributed by atoms with Crippen molar-refractivity contribution in [1.29, 1.82) is 5.26 Å². The van der Waals surface area contributed by atoms with Gasteiger partial charge < -0.3 is 15.6 Å². The fraction of sp³-hybridized carbons (Fsp3) is 0.381. The summed E-state index contributed by atoms with van der Waals surface area (Å²) in [6.45, 7) is 0.399. The van der Waals surface area contributed by atoms with Crippen LogP contribution in [-0.2, 0) is 0 Å². The maximum atomic E-state index is 14.8. The molecule has 2 aliphatic rings. The molecule has 1 saturated carbocycles. The minimum absolute atomic E-state index is 0.163. The molecule has 2 aromatic heterocycles. The lowest BCUT2D eigenvalue weighted by atomic mass is 10.2. The van der Waals surface area contributed by atoms with Crippen LogP contribution in [0.15, 0.2) is 24.4 Å². The van der Waals surface area contributed by atoms with Gasteiger partial charge in [-0.3, -0.25) is 13.4 Å². The van der Waals surface area contributed by atoms with Crippen molar-refractivity contribution >= 4 is 45.0 Å². The fourth-order valence-electron chi connectivity index (χ4n) is 4.40. The van der Waals surface area contributed by atoms with E-state index >= 15 is 0 Å². The molecule has 0 atom stereocenters. The second kappa shape index (κ2) is 8.12. The molecule has 11 heteroatoms. The van der Waals surface area contributed by atoms with E-state index in [-0.39, 0.29) is 17.4 Å². The van der Waals surface area contributed by atoms with Crippen molar-refractivity contribution < 1.29 is 13.5 Å². The molecule has 5 rings (SSSR count). The maximum absolute atomic E-state index is 14.8. The third-order valence-corrected chi connectivity index (χ3v) is 7.87. The van der Waals surface area contributed by atoms with Gasteiger partial charge in [-0.05, 0) is 37.5 Å². The van der Waals surface area contributed by atoms with E-state index in [1.54, 1.807) is 12.3 Å². The smallest absolute Gasteiger partial charge is 0.231 e. The van der Waals surface area contributed by atoms with Crippen LogP contribution in [0.4, 0.5) is 27.5 Å². The molecule has 0 unspecified atom stereocenters. The molecule has 1 aliphatic heterocycles. The van der Waals surface area contributed by atoms with Crippen molar-refractivity contribution in [2.24, 2.45) is 0 Å². The predicted octanol–water partition coefficient (Wildman–Crippen LogP) is 4.94. The van der Waals surface area contributed by atoms with Gasteiger partial charge in [0.1, 0.15) is 23.4 Å². The molecular formula is C21H24FN7O2S. The fourth-order valence-corrected chi connectivity index (χ4v) is 6.02. The van der Waals surface area contributed by atoms with Gasteiger partial charge in [-0.15, -0.1) is 10.8 Å². The zero-order valence-corrected chi connectivity index (χ0v) is 18.1. The van der Waals surface area contributed by atoms with Gasteiger partial charge in [-0.2, -0.15) is 15.2 Å². The summed E-state index contributed by atoms with van der Waals surface area (Å²) < 4.78 is 36.4. The van der Waals surface area contributed by atoms with Gasteiger partial charge in [0.05, 0.1) is 22.4 Å². The van der Waals surface area contributed by atoms with Crippen LogP contribution in [0.25, 0.3) is 11.0 Å². The maximum Gasteiger partial charge on any atom is 0.231 e. The molecule has 0 amide bonds. The SMILES string of the molecule is N#Cc1c[nH]c2nc(Nc3ccc(N4CCCS4(O)O)c(F)c3)nc(NC3CCCC3)c12. The van der Waals surface area contributed by atoms with E-state index in [4.69, 9.17) is 0 Å². The van der Waals surface area contributed by atoms with Crippen LogP contribution in [0.5, 0.6) is 0 Å². The number of aromatic nitrogens is 3. The number of halogens is 1. The Morgan fingerprint density at radius 3 is 2.72 bits per heavy atom. The van der Waals surface area contributed by atoms with E-state index in [2.05, 4.69) is 31.7 Å². The van der Waals surface area contributed by atoms with Crippen LogP contribution >= 0.6 is 10.8 Å². The highest BCUT2D eigenvalue weighted by Gasteiger charge is 2.31. The number of fused-ring (bicyclic) bond motifs is 1. The molecule has 1 aliphatic carbocycles. The highest BCUT2D eigenvalue weighted by atomic mass is 32.3. The number of aromatic amines is 1. The first kappa shape index (κ1) is 20.8. The second-order valence-corrected chi connectivity index (χ2v) is 10.3. The van der Waals surface area contributed by atoms with Gasteiger partial charge in [-0.1, -0.05) is 12.8 Å². The molecular weight excluding hydrogens is 433 g/mol. The molecule has 2 fully saturated rings. The number of rotatable bonds is 5. The van der Waals surface area contributed by atoms with Gasteiger partial charge >= 0.3 is 0 Å². The standard InChI is InChI=1S/C21H24FN7O2S/c22-16-10-15(6-7-17(16)29-8-3-9-32(29,30)31)26-21-27-19-18(13(11-23)12-24-19)20(28-21)25-14-4-1-2-5-14/h6-7,10,12,14,30-31H,1-5,8-9H2,(H3,24,25,26,27,28). The number of anilines is 4. The molecule has 168 valence electrons. The first-order valence-electron chi connectivity index (χ1n) is 10.6. The Labute approximate surface area is 186 Å². The average molecular weight is 458 g/mol. The van der Waals surface area contributed by atoms with Crippen molar-refractivity contribution in [3.63, 3.8) is 0 Å². The molecule has 32 heavy (non-hydrogen) atoms. The summed E-state index contributed by atoms with van der Waals surface area (Å²) in [7, 11) is -2.97. The zero-order chi connectivity index (χ0) is 22.3. The van der Waals surface area contributed by atoms with Gasteiger partial charge in [-0.25, -0.2) is 4.39 Å². The van der Waals surface area contributed by atoms with Crippen LogP contribution in [0, 0.1) is 17.1 Å². The van der Waals surface area contributed by atoms with Crippen LogP contribution in [0.1, 0.15) is 37.7 Å². The average Bonchev–Trinajstić information content (AvgIpc) is 3.48. The Bertz CT molecular complexity index is 1200. The lowest BCUT2D eigenvalue weighted by Crippen LogP contribution is -2.22.